The summed E-state index contributed by atoms with van der Waals surface area (Å²) in [6.45, 7) is 4.61. The minimum Gasteiger partial charge on any atom is -0.392 e. The first-order valence-electron chi connectivity index (χ1n) is 9.11. The molecule has 0 aromatic rings. The lowest BCUT2D eigenvalue weighted by Crippen LogP contribution is -2.58. The van der Waals surface area contributed by atoms with Gasteiger partial charge in [0.1, 0.15) is 0 Å². The molecule has 124 valence electrons. The molecule has 3 unspecified atom stereocenters. The first kappa shape index (κ1) is 15.2. The smallest absolute Gasteiger partial charge is 0.0748 e. The quantitative estimate of drug-likeness (QED) is 0.603. The molecule has 22 heavy (non-hydrogen) atoms. The predicted molar refractivity (Wildman–Crippen MR) is 85.1 cm³/mol. The lowest BCUT2D eigenvalue weighted by Gasteiger charge is -2.60. The third-order valence-electron chi connectivity index (χ3n) is 8.00. The fraction of sp³-hybridized carbons (Fsp3) is 0.895. The van der Waals surface area contributed by atoms with Gasteiger partial charge in [-0.05, 0) is 55.3 Å². The number of aliphatic hydroxyl groups excluding tert-OH is 3. The van der Waals surface area contributed by atoms with Crippen LogP contribution in [0.4, 0.5) is 0 Å². The van der Waals surface area contributed by atoms with E-state index >= 15 is 0 Å². The third kappa shape index (κ3) is 1.85. The minimum absolute atomic E-state index is 0.243. The van der Waals surface area contributed by atoms with E-state index in [0.29, 0.717) is 36.0 Å². The molecule has 0 amide bonds. The van der Waals surface area contributed by atoms with Crippen molar-refractivity contribution in [2.45, 2.75) is 77.1 Å². The summed E-state index contributed by atoms with van der Waals surface area (Å²) >= 11 is 0. The highest BCUT2D eigenvalue weighted by Gasteiger charge is 2.60. The molecule has 0 heterocycles. The molecule has 0 bridgehead atoms. The van der Waals surface area contributed by atoms with Gasteiger partial charge in [0, 0.05) is 11.8 Å². The van der Waals surface area contributed by atoms with Crippen LogP contribution >= 0.6 is 0 Å². The Morgan fingerprint density at radius 3 is 2.59 bits per heavy atom. The molecule has 3 fully saturated rings. The van der Waals surface area contributed by atoms with Gasteiger partial charge < -0.3 is 15.3 Å². The van der Waals surface area contributed by atoms with E-state index in [1.54, 1.807) is 0 Å². The van der Waals surface area contributed by atoms with Crippen LogP contribution in [0.15, 0.2) is 11.6 Å². The van der Waals surface area contributed by atoms with Crippen molar-refractivity contribution in [2.75, 3.05) is 0 Å². The van der Waals surface area contributed by atoms with Gasteiger partial charge in [0.05, 0.1) is 18.3 Å². The SMILES string of the molecule is C[C@@]12CCC[C@H]1[C@@H]1C(O)CC3=CC(O)CC(O)[C@]3(C)[C@H]1CC2. The highest BCUT2D eigenvalue weighted by atomic mass is 16.3. The number of rotatable bonds is 0. The Balaban J connectivity index is 1.76. The number of hydrogen-bond acceptors (Lipinski definition) is 3. The fourth-order valence-electron chi connectivity index (χ4n) is 6.72. The van der Waals surface area contributed by atoms with Gasteiger partial charge in [-0.15, -0.1) is 0 Å². The fourth-order valence-corrected chi connectivity index (χ4v) is 6.72. The maximum absolute atomic E-state index is 10.9. The van der Waals surface area contributed by atoms with Gasteiger partial charge in [-0.1, -0.05) is 31.9 Å². The van der Waals surface area contributed by atoms with Crippen LogP contribution in [0.2, 0.25) is 0 Å². The summed E-state index contributed by atoms with van der Waals surface area (Å²) in [5.74, 6) is 1.30. The molecule has 0 aliphatic heterocycles. The van der Waals surface area contributed by atoms with Crippen molar-refractivity contribution in [3.8, 4) is 0 Å². The molecule has 4 aliphatic carbocycles. The zero-order valence-electron chi connectivity index (χ0n) is 13.8. The number of fused-ring (bicyclic) bond motifs is 5. The Labute approximate surface area is 133 Å². The number of hydrogen-bond donors (Lipinski definition) is 3. The van der Waals surface area contributed by atoms with E-state index in [1.165, 1.54) is 25.7 Å². The maximum atomic E-state index is 10.9. The van der Waals surface area contributed by atoms with Crippen LogP contribution in [0, 0.1) is 28.6 Å². The average Bonchev–Trinajstić information content (AvgIpc) is 2.83. The summed E-state index contributed by atoms with van der Waals surface area (Å²) < 4.78 is 0. The van der Waals surface area contributed by atoms with E-state index < -0.39 is 12.2 Å². The van der Waals surface area contributed by atoms with Gasteiger partial charge in [0.2, 0.25) is 0 Å². The summed E-state index contributed by atoms with van der Waals surface area (Å²) in [5.41, 5.74) is 1.26. The van der Waals surface area contributed by atoms with Gasteiger partial charge in [0.25, 0.3) is 0 Å². The monoisotopic (exact) mass is 306 g/mol. The minimum atomic E-state index is -0.554. The Morgan fingerprint density at radius 2 is 1.82 bits per heavy atom. The van der Waals surface area contributed by atoms with Crippen LogP contribution in [-0.2, 0) is 0 Å². The van der Waals surface area contributed by atoms with Gasteiger partial charge in [-0.25, -0.2) is 0 Å². The lowest BCUT2D eigenvalue weighted by atomic mass is 9.46. The lowest BCUT2D eigenvalue weighted by molar-refractivity contribution is -0.137. The molecule has 3 saturated carbocycles. The van der Waals surface area contributed by atoms with E-state index in [0.717, 1.165) is 12.0 Å². The first-order chi connectivity index (χ1) is 10.4. The second-order valence-electron chi connectivity index (χ2n) is 8.94. The van der Waals surface area contributed by atoms with Crippen LogP contribution in [0.3, 0.4) is 0 Å². The van der Waals surface area contributed by atoms with Crippen molar-refractivity contribution in [2.24, 2.45) is 28.6 Å². The molecule has 0 aromatic heterocycles. The van der Waals surface area contributed by atoms with Gasteiger partial charge in [-0.2, -0.15) is 0 Å². The zero-order chi connectivity index (χ0) is 15.7. The molecule has 0 spiro atoms. The Hall–Kier alpha value is -0.380. The maximum Gasteiger partial charge on any atom is 0.0748 e. The van der Waals surface area contributed by atoms with Crippen LogP contribution in [0.5, 0.6) is 0 Å². The molecule has 0 radical (unpaired) electrons. The second kappa shape index (κ2) is 4.81. The van der Waals surface area contributed by atoms with Gasteiger partial charge >= 0.3 is 0 Å². The largest absolute Gasteiger partial charge is 0.392 e. The zero-order valence-corrected chi connectivity index (χ0v) is 13.8. The number of aliphatic hydroxyl groups is 3. The third-order valence-corrected chi connectivity index (χ3v) is 8.00. The van der Waals surface area contributed by atoms with E-state index in [4.69, 9.17) is 0 Å². The molecule has 4 rings (SSSR count). The van der Waals surface area contributed by atoms with E-state index in [2.05, 4.69) is 13.8 Å². The Bertz CT molecular complexity index is 501. The summed E-state index contributed by atoms with van der Waals surface area (Å²) in [4.78, 5) is 0. The van der Waals surface area contributed by atoms with Crippen LogP contribution < -0.4 is 0 Å². The van der Waals surface area contributed by atoms with Crippen molar-refractivity contribution >= 4 is 0 Å². The van der Waals surface area contributed by atoms with Crippen molar-refractivity contribution in [1.82, 2.24) is 0 Å². The van der Waals surface area contributed by atoms with Crippen molar-refractivity contribution in [3.05, 3.63) is 11.6 Å². The van der Waals surface area contributed by atoms with Crippen molar-refractivity contribution in [3.63, 3.8) is 0 Å². The molecule has 3 heteroatoms. The molecule has 4 aliphatic rings. The first-order valence-corrected chi connectivity index (χ1v) is 9.11. The highest BCUT2D eigenvalue weighted by Crippen LogP contribution is 2.65. The molecule has 8 atom stereocenters. The second-order valence-corrected chi connectivity index (χ2v) is 8.94. The Morgan fingerprint density at radius 1 is 1.05 bits per heavy atom. The molecular formula is C19H30O3. The highest BCUT2D eigenvalue weighted by molar-refractivity contribution is 5.29. The summed E-state index contributed by atoms with van der Waals surface area (Å²) in [7, 11) is 0. The normalized spacial score (nSPS) is 57.6. The van der Waals surface area contributed by atoms with Crippen molar-refractivity contribution in [1.29, 1.82) is 0 Å². The molecule has 3 N–H and O–H groups in total. The van der Waals surface area contributed by atoms with Crippen LogP contribution in [0.1, 0.15) is 58.8 Å². The van der Waals surface area contributed by atoms with E-state index in [-0.39, 0.29) is 11.5 Å². The molecule has 0 saturated heterocycles. The van der Waals surface area contributed by atoms with E-state index in [9.17, 15) is 15.3 Å². The van der Waals surface area contributed by atoms with Crippen LogP contribution in [0.25, 0.3) is 0 Å². The topological polar surface area (TPSA) is 60.7 Å². The van der Waals surface area contributed by atoms with Crippen molar-refractivity contribution < 1.29 is 15.3 Å². The van der Waals surface area contributed by atoms with Gasteiger partial charge in [-0.3, -0.25) is 0 Å². The van der Waals surface area contributed by atoms with Gasteiger partial charge in [0.15, 0.2) is 0 Å². The molecular weight excluding hydrogens is 276 g/mol. The molecule has 3 nitrogen and oxygen atoms in total. The summed E-state index contributed by atoms with van der Waals surface area (Å²) in [5, 5.41) is 31.7. The van der Waals surface area contributed by atoms with Crippen LogP contribution in [-0.4, -0.2) is 33.6 Å². The standard InChI is InChI=1S/C19H30O3/c1-18-6-3-4-13(18)17-14(5-7-18)19(2)11(9-15(17)21)8-12(20)10-16(19)22/h8,12-17,20-22H,3-7,9-10H2,1-2H3/t12?,13-,14-,15?,16?,17-,18-,19-/m0/s1. The average molecular weight is 306 g/mol. The molecule has 0 aromatic carbocycles. The predicted octanol–water partition coefficient (Wildman–Crippen LogP) is 2.64. The van der Waals surface area contributed by atoms with E-state index in [1.807, 2.05) is 6.08 Å². The Kier molecular flexibility index (Phi) is 3.32. The summed E-state index contributed by atoms with van der Waals surface area (Å²) in [6, 6.07) is 0. The summed E-state index contributed by atoms with van der Waals surface area (Å²) in [6.07, 6.45) is 7.84.